The maximum absolute atomic E-state index is 12.7. The second kappa shape index (κ2) is 13.9. The number of anilines is 2. The van der Waals surface area contributed by atoms with Crippen molar-refractivity contribution in [3.8, 4) is 0 Å². The normalized spacial score (nSPS) is 10.4. The Morgan fingerprint density at radius 2 is 1.52 bits per heavy atom. The van der Waals surface area contributed by atoms with E-state index in [4.69, 9.17) is 0 Å². The van der Waals surface area contributed by atoms with E-state index in [1.165, 1.54) is 0 Å². The number of amides is 3. The molecule has 33 heavy (non-hydrogen) atoms. The summed E-state index contributed by atoms with van der Waals surface area (Å²) in [6.45, 7) is 8.36. The molecule has 3 amide bonds. The van der Waals surface area contributed by atoms with Crippen molar-refractivity contribution in [2.24, 2.45) is 0 Å². The fraction of sp³-hybridized carbons (Fsp3) is 0.423. The Hall–Kier alpha value is -3.35. The maximum atomic E-state index is 12.7. The van der Waals surface area contributed by atoms with Crippen molar-refractivity contribution >= 4 is 29.1 Å². The van der Waals surface area contributed by atoms with Crippen LogP contribution in [0.25, 0.3) is 0 Å². The lowest BCUT2D eigenvalue weighted by Gasteiger charge is -2.21. The molecule has 7 nitrogen and oxygen atoms in total. The summed E-state index contributed by atoms with van der Waals surface area (Å²) in [5.74, 6) is -0.329. The molecule has 2 aromatic rings. The van der Waals surface area contributed by atoms with Crippen LogP contribution in [0.2, 0.25) is 0 Å². The van der Waals surface area contributed by atoms with E-state index < -0.39 is 0 Å². The number of hydrogen-bond acceptors (Lipinski definition) is 4. The SMILES string of the molecule is CCCCNC(=O)c1cccc(NCC(=O)Nc2ccc(C(=O)N(CCC)CCC)cc2)c1. The molecular formula is C26H36N4O3. The number of benzene rings is 2. The van der Waals surface area contributed by atoms with Gasteiger partial charge in [-0.1, -0.05) is 33.3 Å². The van der Waals surface area contributed by atoms with Gasteiger partial charge in [0, 0.05) is 42.1 Å². The number of carbonyl (C=O) groups excluding carboxylic acids is 3. The van der Waals surface area contributed by atoms with Crippen molar-refractivity contribution in [1.29, 1.82) is 0 Å². The van der Waals surface area contributed by atoms with Gasteiger partial charge in [0.25, 0.3) is 11.8 Å². The van der Waals surface area contributed by atoms with Gasteiger partial charge in [0.2, 0.25) is 5.91 Å². The average Bonchev–Trinajstić information content (AvgIpc) is 2.83. The smallest absolute Gasteiger partial charge is 0.253 e. The Balaban J connectivity index is 1.88. The quantitative estimate of drug-likeness (QED) is 0.390. The summed E-state index contributed by atoms with van der Waals surface area (Å²) in [5.41, 5.74) is 2.49. The maximum Gasteiger partial charge on any atom is 0.253 e. The first-order valence-corrected chi connectivity index (χ1v) is 11.8. The van der Waals surface area contributed by atoms with E-state index in [9.17, 15) is 14.4 Å². The van der Waals surface area contributed by atoms with Gasteiger partial charge in [0.15, 0.2) is 0 Å². The van der Waals surface area contributed by atoms with Crippen LogP contribution >= 0.6 is 0 Å². The minimum atomic E-state index is -0.217. The van der Waals surface area contributed by atoms with Crippen LogP contribution in [0.3, 0.4) is 0 Å². The molecule has 0 aromatic heterocycles. The summed E-state index contributed by atoms with van der Waals surface area (Å²) in [7, 11) is 0. The molecule has 0 spiro atoms. The highest BCUT2D eigenvalue weighted by Gasteiger charge is 2.14. The molecule has 7 heteroatoms. The number of hydrogen-bond donors (Lipinski definition) is 3. The third-order valence-electron chi connectivity index (χ3n) is 5.08. The first-order chi connectivity index (χ1) is 16.0. The van der Waals surface area contributed by atoms with E-state index in [1.807, 2.05) is 11.0 Å². The molecule has 0 unspecified atom stereocenters. The lowest BCUT2D eigenvalue weighted by atomic mass is 10.1. The van der Waals surface area contributed by atoms with Gasteiger partial charge in [-0.25, -0.2) is 0 Å². The second-order valence-electron chi connectivity index (χ2n) is 7.96. The van der Waals surface area contributed by atoms with E-state index in [2.05, 4.69) is 36.7 Å². The third-order valence-corrected chi connectivity index (χ3v) is 5.08. The van der Waals surface area contributed by atoms with Crippen molar-refractivity contribution in [1.82, 2.24) is 10.2 Å². The number of nitrogens with zero attached hydrogens (tertiary/aromatic N) is 1. The fourth-order valence-corrected chi connectivity index (χ4v) is 3.37. The summed E-state index contributed by atoms with van der Waals surface area (Å²) in [6.07, 6.45) is 3.79. The number of carbonyl (C=O) groups is 3. The molecule has 0 aliphatic carbocycles. The van der Waals surface area contributed by atoms with Crippen LogP contribution in [-0.4, -0.2) is 48.8 Å². The fourth-order valence-electron chi connectivity index (χ4n) is 3.37. The highest BCUT2D eigenvalue weighted by atomic mass is 16.2. The Morgan fingerprint density at radius 3 is 2.15 bits per heavy atom. The van der Waals surface area contributed by atoms with Crippen molar-refractivity contribution in [3.63, 3.8) is 0 Å². The summed E-state index contributed by atoms with van der Waals surface area (Å²) in [6, 6.07) is 14.0. The van der Waals surface area contributed by atoms with Crippen LogP contribution < -0.4 is 16.0 Å². The summed E-state index contributed by atoms with van der Waals surface area (Å²) >= 11 is 0. The zero-order chi connectivity index (χ0) is 24.1. The van der Waals surface area contributed by atoms with Crippen LogP contribution in [0.5, 0.6) is 0 Å². The van der Waals surface area contributed by atoms with Crippen molar-refractivity contribution < 1.29 is 14.4 Å². The van der Waals surface area contributed by atoms with Gasteiger partial charge in [-0.2, -0.15) is 0 Å². The molecule has 0 fully saturated rings. The van der Waals surface area contributed by atoms with E-state index >= 15 is 0 Å². The predicted octanol–water partition coefficient (Wildman–Crippen LogP) is 4.53. The third kappa shape index (κ3) is 8.60. The molecule has 0 heterocycles. The zero-order valence-electron chi connectivity index (χ0n) is 19.9. The van der Waals surface area contributed by atoms with E-state index in [0.717, 1.165) is 38.8 Å². The minimum absolute atomic E-state index is 0.0110. The molecule has 0 atom stereocenters. The topological polar surface area (TPSA) is 90.5 Å². The summed E-state index contributed by atoms with van der Waals surface area (Å²) < 4.78 is 0. The first kappa shape index (κ1) is 25.9. The molecule has 0 radical (unpaired) electrons. The van der Waals surface area contributed by atoms with Crippen LogP contribution in [0, 0.1) is 0 Å². The van der Waals surface area contributed by atoms with Gasteiger partial charge in [0.1, 0.15) is 0 Å². The Kier molecular flexibility index (Phi) is 10.9. The molecule has 0 aliphatic rings. The highest BCUT2D eigenvalue weighted by Crippen LogP contribution is 2.14. The highest BCUT2D eigenvalue weighted by molar-refractivity contribution is 5.97. The predicted molar refractivity (Wildman–Crippen MR) is 134 cm³/mol. The molecule has 2 rings (SSSR count). The Labute approximate surface area is 196 Å². The average molecular weight is 453 g/mol. The molecule has 178 valence electrons. The second-order valence-corrected chi connectivity index (χ2v) is 7.96. The number of nitrogens with one attached hydrogen (secondary N) is 3. The van der Waals surface area contributed by atoms with E-state index in [-0.39, 0.29) is 24.3 Å². The zero-order valence-corrected chi connectivity index (χ0v) is 19.9. The molecule has 0 saturated carbocycles. The molecule has 3 N–H and O–H groups in total. The standard InChI is InChI=1S/C26H36N4O3/c1-4-7-15-27-25(32)21-9-8-10-23(18-21)28-19-24(31)29-22-13-11-20(12-14-22)26(33)30(16-5-2)17-6-3/h8-14,18,28H,4-7,15-17,19H2,1-3H3,(H,27,32)(H,29,31). The Bertz CT molecular complexity index is 906. The van der Waals surface area contributed by atoms with Gasteiger partial charge in [-0.3, -0.25) is 14.4 Å². The van der Waals surface area contributed by atoms with E-state index in [1.54, 1.807) is 42.5 Å². The van der Waals surface area contributed by atoms with Crippen molar-refractivity contribution in [3.05, 3.63) is 59.7 Å². The summed E-state index contributed by atoms with van der Waals surface area (Å²) in [4.78, 5) is 39.1. The lowest BCUT2D eigenvalue weighted by molar-refractivity contribution is -0.114. The van der Waals surface area contributed by atoms with Gasteiger partial charge >= 0.3 is 0 Å². The van der Waals surface area contributed by atoms with Crippen LogP contribution in [0.1, 0.15) is 67.2 Å². The molecule has 0 saturated heterocycles. The van der Waals surface area contributed by atoms with Crippen LogP contribution in [0.15, 0.2) is 48.5 Å². The van der Waals surface area contributed by atoms with Gasteiger partial charge in [-0.15, -0.1) is 0 Å². The monoisotopic (exact) mass is 452 g/mol. The summed E-state index contributed by atoms with van der Waals surface area (Å²) in [5, 5.41) is 8.76. The van der Waals surface area contributed by atoms with Crippen LogP contribution in [0.4, 0.5) is 11.4 Å². The number of unbranched alkanes of at least 4 members (excludes halogenated alkanes) is 1. The van der Waals surface area contributed by atoms with Gasteiger partial charge < -0.3 is 20.9 Å². The molecule has 0 bridgehead atoms. The largest absolute Gasteiger partial charge is 0.376 e. The lowest BCUT2D eigenvalue weighted by Crippen LogP contribution is -2.32. The Morgan fingerprint density at radius 1 is 0.818 bits per heavy atom. The molecular weight excluding hydrogens is 416 g/mol. The van der Waals surface area contributed by atoms with Crippen molar-refractivity contribution in [2.45, 2.75) is 46.5 Å². The minimum Gasteiger partial charge on any atom is -0.376 e. The van der Waals surface area contributed by atoms with Crippen LogP contribution in [-0.2, 0) is 4.79 Å². The molecule has 2 aromatic carbocycles. The van der Waals surface area contributed by atoms with Crippen molar-refractivity contribution in [2.75, 3.05) is 36.8 Å². The molecule has 0 aliphatic heterocycles. The van der Waals surface area contributed by atoms with Gasteiger partial charge in [-0.05, 0) is 61.7 Å². The number of rotatable bonds is 13. The van der Waals surface area contributed by atoms with Gasteiger partial charge in [0.05, 0.1) is 6.54 Å². The van der Waals surface area contributed by atoms with E-state index in [0.29, 0.717) is 29.0 Å². The first-order valence-electron chi connectivity index (χ1n) is 11.8.